The van der Waals surface area contributed by atoms with Gasteiger partial charge in [0.2, 0.25) is 5.91 Å². The van der Waals surface area contributed by atoms with Crippen LogP contribution in [0.25, 0.3) is 0 Å². The number of amides is 1. The van der Waals surface area contributed by atoms with Crippen LogP contribution in [0, 0.1) is 11.8 Å². The third-order valence-electron chi connectivity index (χ3n) is 4.81. The number of likely N-dealkylation sites (tertiary alicyclic amines) is 1. The van der Waals surface area contributed by atoms with E-state index >= 15 is 0 Å². The van der Waals surface area contributed by atoms with Crippen molar-refractivity contribution in [2.24, 2.45) is 11.8 Å². The molecule has 1 N–H and O–H groups in total. The maximum Gasteiger partial charge on any atom is 0.222 e. The van der Waals surface area contributed by atoms with Crippen molar-refractivity contribution >= 4 is 24.1 Å². The number of nitrogens with one attached hydrogen (secondary N) is 1. The first-order valence-corrected chi connectivity index (χ1v) is 8.36. The van der Waals surface area contributed by atoms with Gasteiger partial charge in [-0.2, -0.15) is 0 Å². The fourth-order valence-electron chi connectivity index (χ4n) is 3.42. The molecule has 3 rings (SSSR count). The number of fused-ring (bicyclic) bond motifs is 1. The number of rotatable bonds is 6. The van der Waals surface area contributed by atoms with Crippen molar-refractivity contribution < 1.29 is 14.3 Å². The van der Waals surface area contributed by atoms with Crippen LogP contribution in [-0.4, -0.2) is 49.4 Å². The SMILES string of the molecule is CC(=O)c1ccc(OCCCC(=O)N2C[C@H]3CNC[C@H]3C2)cc1.Cl. The molecule has 24 heavy (non-hydrogen) atoms. The van der Waals surface area contributed by atoms with Crippen LogP contribution in [0.1, 0.15) is 30.1 Å². The summed E-state index contributed by atoms with van der Waals surface area (Å²) in [6.45, 7) is 5.98. The Balaban J connectivity index is 0.00000208. The van der Waals surface area contributed by atoms with Gasteiger partial charge in [0.1, 0.15) is 5.75 Å². The monoisotopic (exact) mass is 352 g/mol. The highest BCUT2D eigenvalue weighted by molar-refractivity contribution is 5.94. The second kappa shape index (κ2) is 8.49. The molecule has 6 heteroatoms. The number of benzene rings is 1. The molecular weight excluding hydrogens is 328 g/mol. The summed E-state index contributed by atoms with van der Waals surface area (Å²) in [6.07, 6.45) is 1.26. The Bertz CT molecular complexity index is 564. The van der Waals surface area contributed by atoms with E-state index in [2.05, 4.69) is 5.32 Å². The summed E-state index contributed by atoms with van der Waals surface area (Å²) in [5.41, 5.74) is 0.682. The first-order chi connectivity index (χ1) is 11.1. The molecule has 2 heterocycles. The number of ether oxygens (including phenoxy) is 1. The molecule has 2 aliphatic heterocycles. The van der Waals surface area contributed by atoms with Crippen LogP contribution in [0.2, 0.25) is 0 Å². The minimum absolute atomic E-state index is 0. The van der Waals surface area contributed by atoms with E-state index in [0.29, 0.717) is 30.4 Å². The number of hydrogen-bond donors (Lipinski definition) is 1. The molecule has 2 atom stereocenters. The van der Waals surface area contributed by atoms with E-state index in [0.717, 1.165) is 38.3 Å². The van der Waals surface area contributed by atoms with Crippen LogP contribution in [0.4, 0.5) is 0 Å². The largest absolute Gasteiger partial charge is 0.494 e. The Morgan fingerprint density at radius 3 is 2.38 bits per heavy atom. The average molecular weight is 353 g/mol. The van der Waals surface area contributed by atoms with E-state index in [1.807, 2.05) is 4.90 Å². The average Bonchev–Trinajstić information content (AvgIpc) is 3.13. The zero-order chi connectivity index (χ0) is 16.2. The van der Waals surface area contributed by atoms with E-state index in [4.69, 9.17) is 4.74 Å². The quantitative estimate of drug-likeness (QED) is 0.629. The predicted molar refractivity (Wildman–Crippen MR) is 94.9 cm³/mol. The lowest BCUT2D eigenvalue weighted by Gasteiger charge is -2.17. The Hall–Kier alpha value is -1.59. The Labute approximate surface area is 149 Å². The van der Waals surface area contributed by atoms with Crippen molar-refractivity contribution in [1.82, 2.24) is 10.2 Å². The second-order valence-corrected chi connectivity index (χ2v) is 6.51. The fraction of sp³-hybridized carbons (Fsp3) is 0.556. The molecule has 0 bridgehead atoms. The van der Waals surface area contributed by atoms with Gasteiger partial charge in [-0.1, -0.05) is 0 Å². The van der Waals surface area contributed by atoms with Crippen LogP contribution >= 0.6 is 12.4 Å². The molecule has 0 aromatic heterocycles. The molecule has 2 saturated heterocycles. The topological polar surface area (TPSA) is 58.6 Å². The third-order valence-corrected chi connectivity index (χ3v) is 4.81. The van der Waals surface area contributed by atoms with Crippen LogP contribution < -0.4 is 10.1 Å². The van der Waals surface area contributed by atoms with E-state index in [1.165, 1.54) is 0 Å². The van der Waals surface area contributed by atoms with Gasteiger partial charge in [0.05, 0.1) is 6.61 Å². The first-order valence-electron chi connectivity index (χ1n) is 8.36. The fourth-order valence-corrected chi connectivity index (χ4v) is 3.42. The summed E-state index contributed by atoms with van der Waals surface area (Å²) in [5.74, 6) is 2.33. The predicted octanol–water partition coefficient (Wildman–Crippen LogP) is 2.15. The minimum Gasteiger partial charge on any atom is -0.494 e. The Morgan fingerprint density at radius 2 is 1.79 bits per heavy atom. The van der Waals surface area contributed by atoms with Crippen LogP contribution in [-0.2, 0) is 4.79 Å². The standard InChI is InChI=1S/C18H24N2O3.ClH/c1-13(21)14-4-6-17(7-5-14)23-8-2-3-18(22)20-11-15-9-19-10-16(15)12-20;/h4-7,15-16,19H,2-3,8-12H2,1H3;1H/t15-,16+;. The summed E-state index contributed by atoms with van der Waals surface area (Å²) in [5, 5.41) is 3.39. The maximum atomic E-state index is 12.2. The van der Waals surface area contributed by atoms with Gasteiger partial charge >= 0.3 is 0 Å². The van der Waals surface area contributed by atoms with Gasteiger partial charge in [-0.05, 0) is 49.4 Å². The van der Waals surface area contributed by atoms with E-state index in [9.17, 15) is 9.59 Å². The van der Waals surface area contributed by atoms with Crippen molar-refractivity contribution in [3.8, 4) is 5.75 Å². The summed E-state index contributed by atoms with van der Waals surface area (Å²) in [4.78, 5) is 25.4. The lowest BCUT2D eigenvalue weighted by Crippen LogP contribution is -2.31. The molecule has 1 amide bonds. The lowest BCUT2D eigenvalue weighted by atomic mass is 10.0. The number of halogens is 1. The molecule has 0 saturated carbocycles. The van der Waals surface area contributed by atoms with Crippen molar-refractivity contribution in [2.45, 2.75) is 19.8 Å². The van der Waals surface area contributed by atoms with Crippen molar-refractivity contribution in [3.63, 3.8) is 0 Å². The number of ketones is 1. The van der Waals surface area contributed by atoms with Crippen molar-refractivity contribution in [3.05, 3.63) is 29.8 Å². The molecule has 5 nitrogen and oxygen atoms in total. The molecular formula is C18H25ClN2O3. The van der Waals surface area contributed by atoms with Crippen LogP contribution in [0.15, 0.2) is 24.3 Å². The molecule has 2 aliphatic rings. The Kier molecular flexibility index (Phi) is 6.63. The summed E-state index contributed by atoms with van der Waals surface area (Å²) in [6, 6.07) is 7.13. The summed E-state index contributed by atoms with van der Waals surface area (Å²) < 4.78 is 5.64. The number of carbonyl (C=O) groups is 2. The smallest absolute Gasteiger partial charge is 0.222 e. The summed E-state index contributed by atoms with van der Waals surface area (Å²) in [7, 11) is 0. The molecule has 0 aliphatic carbocycles. The normalized spacial score (nSPS) is 22.0. The van der Waals surface area contributed by atoms with Crippen LogP contribution in [0.5, 0.6) is 5.75 Å². The van der Waals surface area contributed by atoms with Gasteiger partial charge < -0.3 is 15.0 Å². The highest BCUT2D eigenvalue weighted by Gasteiger charge is 2.37. The zero-order valence-corrected chi connectivity index (χ0v) is 14.8. The van der Waals surface area contributed by atoms with Gasteiger partial charge in [0.15, 0.2) is 5.78 Å². The van der Waals surface area contributed by atoms with Crippen molar-refractivity contribution in [2.75, 3.05) is 32.8 Å². The number of Topliss-reactive ketones (excluding diaryl/α,β-unsaturated/α-hetero) is 1. The number of carbonyl (C=O) groups excluding carboxylic acids is 2. The van der Waals surface area contributed by atoms with Gasteiger partial charge in [-0.25, -0.2) is 0 Å². The third kappa shape index (κ3) is 4.48. The molecule has 2 fully saturated rings. The summed E-state index contributed by atoms with van der Waals surface area (Å²) >= 11 is 0. The molecule has 132 valence electrons. The lowest BCUT2D eigenvalue weighted by molar-refractivity contribution is -0.130. The van der Waals surface area contributed by atoms with E-state index in [-0.39, 0.29) is 24.1 Å². The highest BCUT2D eigenvalue weighted by atomic mass is 35.5. The number of nitrogens with zero attached hydrogens (tertiary/aromatic N) is 1. The molecule has 1 aromatic carbocycles. The van der Waals surface area contributed by atoms with Crippen LogP contribution in [0.3, 0.4) is 0 Å². The first kappa shape index (κ1) is 18.7. The minimum atomic E-state index is 0. The highest BCUT2D eigenvalue weighted by Crippen LogP contribution is 2.26. The van der Waals surface area contributed by atoms with Gasteiger partial charge in [-0.15, -0.1) is 12.4 Å². The maximum absolute atomic E-state index is 12.2. The molecule has 1 aromatic rings. The molecule has 0 spiro atoms. The number of hydrogen-bond acceptors (Lipinski definition) is 4. The van der Waals surface area contributed by atoms with Gasteiger partial charge in [0, 0.05) is 38.2 Å². The second-order valence-electron chi connectivity index (χ2n) is 6.51. The Morgan fingerprint density at radius 1 is 1.17 bits per heavy atom. The van der Waals surface area contributed by atoms with E-state index < -0.39 is 0 Å². The van der Waals surface area contributed by atoms with Gasteiger partial charge in [0.25, 0.3) is 0 Å². The van der Waals surface area contributed by atoms with E-state index in [1.54, 1.807) is 31.2 Å². The zero-order valence-electron chi connectivity index (χ0n) is 14.0. The van der Waals surface area contributed by atoms with Crippen molar-refractivity contribution in [1.29, 1.82) is 0 Å². The van der Waals surface area contributed by atoms with Gasteiger partial charge in [-0.3, -0.25) is 9.59 Å². The molecule has 0 unspecified atom stereocenters. The molecule has 0 radical (unpaired) electrons.